The number of thioether (sulfide) groups is 1. The molecule has 0 saturated carbocycles. The molecule has 1 amide bonds. The number of amides is 1. The molecule has 0 radical (unpaired) electrons. The SMILES string of the molecule is CCC1CCCCN1C(=O)CSc1ccc(Br)cc1. The van der Waals surface area contributed by atoms with Crippen molar-refractivity contribution in [2.24, 2.45) is 0 Å². The van der Waals surface area contributed by atoms with Crippen LogP contribution >= 0.6 is 27.7 Å². The van der Waals surface area contributed by atoms with Crippen LogP contribution < -0.4 is 0 Å². The normalized spacial score (nSPS) is 19.5. The molecule has 0 aromatic heterocycles. The zero-order valence-corrected chi connectivity index (χ0v) is 13.7. The molecule has 19 heavy (non-hydrogen) atoms. The Balaban J connectivity index is 1.87. The predicted octanol–water partition coefficient (Wildman–Crippen LogP) is 4.33. The average molecular weight is 342 g/mol. The molecule has 1 aromatic rings. The Labute approximate surface area is 128 Å². The minimum Gasteiger partial charge on any atom is -0.339 e. The fourth-order valence-corrected chi connectivity index (χ4v) is 3.56. The lowest BCUT2D eigenvalue weighted by atomic mass is 10.0. The van der Waals surface area contributed by atoms with Crippen LogP contribution in [0.2, 0.25) is 0 Å². The van der Waals surface area contributed by atoms with E-state index in [2.05, 4.69) is 39.9 Å². The fraction of sp³-hybridized carbons (Fsp3) is 0.533. The highest BCUT2D eigenvalue weighted by atomic mass is 79.9. The summed E-state index contributed by atoms with van der Waals surface area (Å²) in [6.07, 6.45) is 4.67. The van der Waals surface area contributed by atoms with Crippen LogP contribution in [0, 0.1) is 0 Å². The maximum absolute atomic E-state index is 12.3. The molecule has 1 aliphatic rings. The van der Waals surface area contributed by atoms with Crippen molar-refractivity contribution in [2.75, 3.05) is 12.3 Å². The number of benzene rings is 1. The molecule has 0 bridgehead atoms. The first-order valence-electron chi connectivity index (χ1n) is 6.88. The van der Waals surface area contributed by atoms with Crippen molar-refractivity contribution >= 4 is 33.6 Å². The quantitative estimate of drug-likeness (QED) is 0.759. The highest BCUT2D eigenvalue weighted by molar-refractivity contribution is 9.10. The van der Waals surface area contributed by atoms with E-state index in [1.54, 1.807) is 11.8 Å². The molecule has 2 nitrogen and oxygen atoms in total. The smallest absolute Gasteiger partial charge is 0.233 e. The predicted molar refractivity (Wildman–Crippen MR) is 84.5 cm³/mol. The van der Waals surface area contributed by atoms with E-state index < -0.39 is 0 Å². The Morgan fingerprint density at radius 3 is 2.79 bits per heavy atom. The molecule has 0 aliphatic carbocycles. The van der Waals surface area contributed by atoms with Crippen molar-refractivity contribution in [1.82, 2.24) is 4.90 Å². The van der Waals surface area contributed by atoms with E-state index >= 15 is 0 Å². The Morgan fingerprint density at radius 1 is 1.37 bits per heavy atom. The van der Waals surface area contributed by atoms with E-state index in [4.69, 9.17) is 0 Å². The molecule has 2 rings (SSSR count). The van der Waals surface area contributed by atoms with E-state index in [-0.39, 0.29) is 0 Å². The highest BCUT2D eigenvalue weighted by Crippen LogP contribution is 2.24. The van der Waals surface area contributed by atoms with Gasteiger partial charge in [-0.1, -0.05) is 22.9 Å². The number of carbonyl (C=O) groups excluding carboxylic acids is 1. The van der Waals surface area contributed by atoms with Gasteiger partial charge in [-0.3, -0.25) is 4.79 Å². The molecule has 1 saturated heterocycles. The number of nitrogens with zero attached hydrogens (tertiary/aromatic N) is 1. The number of rotatable bonds is 4. The molecular formula is C15H20BrNOS. The van der Waals surface area contributed by atoms with E-state index in [1.807, 2.05) is 12.1 Å². The summed E-state index contributed by atoms with van der Waals surface area (Å²) in [6, 6.07) is 8.60. The zero-order chi connectivity index (χ0) is 13.7. The molecule has 1 aliphatic heterocycles. The van der Waals surface area contributed by atoms with Gasteiger partial charge in [-0.2, -0.15) is 0 Å². The summed E-state index contributed by atoms with van der Waals surface area (Å²) in [5.74, 6) is 0.845. The number of piperidine rings is 1. The Bertz CT molecular complexity index is 421. The second-order valence-corrected chi connectivity index (χ2v) is 6.85. The summed E-state index contributed by atoms with van der Waals surface area (Å²) in [4.78, 5) is 15.6. The van der Waals surface area contributed by atoms with Gasteiger partial charge in [0, 0.05) is 22.0 Å². The molecule has 1 atom stereocenters. The summed E-state index contributed by atoms with van der Waals surface area (Å²) in [7, 11) is 0. The van der Waals surface area contributed by atoms with Gasteiger partial charge in [-0.25, -0.2) is 0 Å². The van der Waals surface area contributed by atoms with Crippen molar-refractivity contribution < 1.29 is 4.79 Å². The van der Waals surface area contributed by atoms with Crippen molar-refractivity contribution in [1.29, 1.82) is 0 Å². The van der Waals surface area contributed by atoms with Gasteiger partial charge in [0.25, 0.3) is 0 Å². The van der Waals surface area contributed by atoms with Crippen LogP contribution in [-0.4, -0.2) is 29.1 Å². The van der Waals surface area contributed by atoms with E-state index in [9.17, 15) is 4.79 Å². The van der Waals surface area contributed by atoms with Gasteiger partial charge in [-0.05, 0) is 49.9 Å². The van der Waals surface area contributed by atoms with Crippen LogP contribution in [0.15, 0.2) is 33.6 Å². The zero-order valence-electron chi connectivity index (χ0n) is 11.3. The van der Waals surface area contributed by atoms with Gasteiger partial charge in [0.2, 0.25) is 5.91 Å². The second kappa shape index (κ2) is 7.34. The Morgan fingerprint density at radius 2 is 2.11 bits per heavy atom. The van der Waals surface area contributed by atoms with Crippen LogP contribution in [0.5, 0.6) is 0 Å². The van der Waals surface area contributed by atoms with E-state index in [0.717, 1.165) is 28.8 Å². The molecule has 1 aromatic carbocycles. The van der Waals surface area contributed by atoms with Gasteiger partial charge in [0.05, 0.1) is 5.75 Å². The average Bonchev–Trinajstić information content (AvgIpc) is 2.46. The van der Waals surface area contributed by atoms with Crippen LogP contribution in [-0.2, 0) is 4.79 Å². The molecule has 1 heterocycles. The minimum atomic E-state index is 0.291. The molecule has 1 fully saturated rings. The van der Waals surface area contributed by atoms with Crippen LogP contribution in [0.4, 0.5) is 0 Å². The lowest BCUT2D eigenvalue weighted by Crippen LogP contribution is -2.44. The Kier molecular flexibility index (Phi) is 5.76. The van der Waals surface area contributed by atoms with Crippen LogP contribution in [0.1, 0.15) is 32.6 Å². The summed E-state index contributed by atoms with van der Waals surface area (Å²) >= 11 is 5.05. The molecular weight excluding hydrogens is 322 g/mol. The summed E-state index contributed by atoms with van der Waals surface area (Å²) in [6.45, 7) is 3.12. The number of halogens is 1. The number of carbonyl (C=O) groups is 1. The van der Waals surface area contributed by atoms with Crippen molar-refractivity contribution in [3.8, 4) is 0 Å². The molecule has 0 spiro atoms. The Hall–Kier alpha value is -0.480. The summed E-state index contributed by atoms with van der Waals surface area (Å²) < 4.78 is 1.07. The van der Waals surface area contributed by atoms with E-state index in [0.29, 0.717) is 17.7 Å². The van der Waals surface area contributed by atoms with Gasteiger partial charge in [0.15, 0.2) is 0 Å². The summed E-state index contributed by atoms with van der Waals surface area (Å²) in [5.41, 5.74) is 0. The molecule has 1 unspecified atom stereocenters. The van der Waals surface area contributed by atoms with Gasteiger partial charge in [0.1, 0.15) is 0 Å². The number of likely N-dealkylation sites (tertiary alicyclic amines) is 1. The lowest BCUT2D eigenvalue weighted by molar-refractivity contribution is -0.132. The third kappa shape index (κ3) is 4.25. The third-order valence-electron chi connectivity index (χ3n) is 3.59. The van der Waals surface area contributed by atoms with Crippen LogP contribution in [0.3, 0.4) is 0 Å². The fourth-order valence-electron chi connectivity index (χ4n) is 2.51. The summed E-state index contributed by atoms with van der Waals surface area (Å²) in [5, 5.41) is 0. The van der Waals surface area contributed by atoms with Gasteiger partial charge >= 0.3 is 0 Å². The van der Waals surface area contributed by atoms with Crippen molar-refractivity contribution in [2.45, 2.75) is 43.5 Å². The van der Waals surface area contributed by atoms with Crippen molar-refractivity contribution in [3.05, 3.63) is 28.7 Å². The lowest BCUT2D eigenvalue weighted by Gasteiger charge is -2.35. The molecule has 4 heteroatoms. The van der Waals surface area contributed by atoms with Gasteiger partial charge in [-0.15, -0.1) is 11.8 Å². The monoisotopic (exact) mass is 341 g/mol. The standard InChI is InChI=1S/C15H20BrNOS/c1-2-13-5-3-4-10-17(13)15(18)11-19-14-8-6-12(16)7-9-14/h6-9,13H,2-5,10-11H2,1H3. The first kappa shape index (κ1) is 14.9. The number of hydrogen-bond acceptors (Lipinski definition) is 2. The van der Waals surface area contributed by atoms with Gasteiger partial charge < -0.3 is 4.90 Å². The maximum Gasteiger partial charge on any atom is 0.233 e. The van der Waals surface area contributed by atoms with E-state index in [1.165, 1.54) is 12.8 Å². The molecule has 104 valence electrons. The maximum atomic E-state index is 12.3. The second-order valence-electron chi connectivity index (χ2n) is 4.89. The number of hydrogen-bond donors (Lipinski definition) is 0. The minimum absolute atomic E-state index is 0.291. The van der Waals surface area contributed by atoms with Crippen LogP contribution in [0.25, 0.3) is 0 Å². The molecule has 0 N–H and O–H groups in total. The first-order valence-corrected chi connectivity index (χ1v) is 8.66. The topological polar surface area (TPSA) is 20.3 Å². The first-order chi connectivity index (χ1) is 9.20. The van der Waals surface area contributed by atoms with Crippen molar-refractivity contribution in [3.63, 3.8) is 0 Å². The third-order valence-corrected chi connectivity index (χ3v) is 5.12. The largest absolute Gasteiger partial charge is 0.339 e. The highest BCUT2D eigenvalue weighted by Gasteiger charge is 2.24.